The summed E-state index contributed by atoms with van der Waals surface area (Å²) in [6.45, 7) is 13.8. The third-order valence-electron chi connectivity index (χ3n) is 3.50. The van der Waals surface area contributed by atoms with Gasteiger partial charge in [0.05, 0.1) is 0 Å². The number of hydrogen-bond acceptors (Lipinski definition) is 6. The fraction of sp³-hybridized carbons (Fsp3) is 1.00. The number of rotatable bonds is 12. The molecule has 0 aliphatic carbocycles. The third kappa shape index (κ3) is 14.5. The highest BCUT2D eigenvalue weighted by atomic mass is 28.4. The summed E-state index contributed by atoms with van der Waals surface area (Å²) in [5.74, 6) is 0. The van der Waals surface area contributed by atoms with Crippen molar-refractivity contribution in [2.75, 3.05) is 27.3 Å². The molecule has 0 rings (SSSR count). The van der Waals surface area contributed by atoms with Crippen LogP contribution in [0.25, 0.3) is 0 Å². The summed E-state index contributed by atoms with van der Waals surface area (Å²) in [6.07, 6.45) is 2.46. The van der Waals surface area contributed by atoms with Crippen LogP contribution in [0.15, 0.2) is 0 Å². The second kappa shape index (κ2) is 14.4. The molecule has 0 fully saturated rings. The van der Waals surface area contributed by atoms with Gasteiger partial charge in [-0.15, -0.1) is 0 Å². The molecule has 0 saturated carbocycles. The van der Waals surface area contributed by atoms with E-state index in [1.807, 2.05) is 6.55 Å². The Balaban J connectivity index is 0. The monoisotopic (exact) mass is 382 g/mol. The highest BCUT2D eigenvalue weighted by Crippen LogP contribution is 2.19. The van der Waals surface area contributed by atoms with E-state index in [1.165, 1.54) is 0 Å². The highest BCUT2D eigenvalue weighted by Gasteiger charge is 2.33. The van der Waals surface area contributed by atoms with Gasteiger partial charge in [0.15, 0.2) is 0 Å². The van der Waals surface area contributed by atoms with Gasteiger partial charge < -0.3 is 29.2 Å². The molecule has 24 heavy (non-hydrogen) atoms. The van der Waals surface area contributed by atoms with Gasteiger partial charge >= 0.3 is 17.1 Å². The normalized spacial score (nSPS) is 12.5. The quantitative estimate of drug-likeness (QED) is 0.504. The van der Waals surface area contributed by atoms with E-state index in [0.29, 0.717) is 6.54 Å². The molecule has 0 aromatic carbocycles. The Morgan fingerprint density at radius 1 is 0.708 bits per heavy atom. The summed E-state index contributed by atoms with van der Waals surface area (Å²) in [7, 11) is -0.374. The van der Waals surface area contributed by atoms with E-state index in [0.717, 1.165) is 31.5 Å². The van der Waals surface area contributed by atoms with Crippen molar-refractivity contribution in [2.45, 2.75) is 77.9 Å². The van der Waals surface area contributed by atoms with Crippen LogP contribution in [0.2, 0.25) is 25.2 Å². The Kier molecular flexibility index (Phi) is 15.8. The lowest BCUT2D eigenvalue weighted by atomic mass is 10.5. The van der Waals surface area contributed by atoms with Crippen molar-refractivity contribution in [1.29, 1.82) is 0 Å². The van der Waals surface area contributed by atoms with Crippen molar-refractivity contribution in [1.82, 2.24) is 0 Å². The number of nitrogens with two attached hydrogens (primary N) is 2. The third-order valence-corrected chi connectivity index (χ3v) is 9.69. The lowest BCUT2D eigenvalue weighted by Gasteiger charge is -2.31. The van der Waals surface area contributed by atoms with Crippen LogP contribution in [0.5, 0.6) is 0 Å². The summed E-state index contributed by atoms with van der Waals surface area (Å²) in [6, 6.07) is 1.97. The molecule has 4 N–H and O–H groups in total. The summed E-state index contributed by atoms with van der Waals surface area (Å²) in [5.41, 5.74) is 10.9. The average Bonchev–Trinajstić information content (AvgIpc) is 2.49. The van der Waals surface area contributed by atoms with E-state index in [-0.39, 0.29) is 12.2 Å². The summed E-state index contributed by atoms with van der Waals surface area (Å²) >= 11 is 0. The zero-order chi connectivity index (χ0) is 19.2. The van der Waals surface area contributed by atoms with Gasteiger partial charge in [-0.2, -0.15) is 0 Å². The molecule has 8 heteroatoms. The van der Waals surface area contributed by atoms with E-state index >= 15 is 0 Å². The average molecular weight is 383 g/mol. The van der Waals surface area contributed by atoms with Crippen molar-refractivity contribution in [3.05, 3.63) is 0 Å². The van der Waals surface area contributed by atoms with Crippen molar-refractivity contribution in [3.8, 4) is 0 Å². The standard InChI is InChI=1S/C10H25NO2Si.C6H17NO2Si/c1-9(2)12-14(5,8-6-7-11)13-10(3)4;1-8-10(3,9-2)6-4-5-7/h9-10H,6-8,11H2,1-5H3;4-7H2,1-3H3. The van der Waals surface area contributed by atoms with Crippen molar-refractivity contribution >= 4 is 17.1 Å². The molecule has 0 bridgehead atoms. The maximum Gasteiger partial charge on any atom is 0.335 e. The van der Waals surface area contributed by atoms with Crippen LogP contribution < -0.4 is 11.5 Å². The second-order valence-corrected chi connectivity index (χ2v) is 13.6. The van der Waals surface area contributed by atoms with Crippen LogP contribution in [0.1, 0.15) is 40.5 Å². The first-order valence-electron chi connectivity index (χ1n) is 8.94. The fourth-order valence-electron chi connectivity index (χ4n) is 2.28. The molecule has 0 atom stereocenters. The van der Waals surface area contributed by atoms with Crippen LogP contribution in [0, 0.1) is 0 Å². The smallest absolute Gasteiger partial charge is 0.335 e. The molecule has 0 amide bonds. The van der Waals surface area contributed by atoms with E-state index in [9.17, 15) is 0 Å². The van der Waals surface area contributed by atoms with Gasteiger partial charge in [0.25, 0.3) is 0 Å². The Labute approximate surface area is 152 Å². The molecule has 0 aliphatic heterocycles. The minimum absolute atomic E-state index is 0.239. The van der Waals surface area contributed by atoms with Crippen molar-refractivity contribution in [3.63, 3.8) is 0 Å². The van der Waals surface area contributed by atoms with Gasteiger partial charge in [-0.1, -0.05) is 0 Å². The molecule has 0 aromatic rings. The van der Waals surface area contributed by atoms with Crippen molar-refractivity contribution < 1.29 is 17.7 Å². The molecule has 0 radical (unpaired) electrons. The molecule has 6 nitrogen and oxygen atoms in total. The maximum absolute atomic E-state index is 5.91. The van der Waals surface area contributed by atoms with Crippen LogP contribution in [0.3, 0.4) is 0 Å². The molecule has 0 aliphatic rings. The van der Waals surface area contributed by atoms with E-state index in [4.69, 9.17) is 29.2 Å². The van der Waals surface area contributed by atoms with Gasteiger partial charge in [0.1, 0.15) is 0 Å². The lowest BCUT2D eigenvalue weighted by Crippen LogP contribution is -2.43. The van der Waals surface area contributed by atoms with Gasteiger partial charge in [-0.3, -0.25) is 0 Å². The second-order valence-electron chi connectivity index (χ2n) is 6.79. The number of hydrogen-bond donors (Lipinski definition) is 2. The minimum atomic E-state index is -1.98. The highest BCUT2D eigenvalue weighted by molar-refractivity contribution is 6.66. The summed E-state index contributed by atoms with van der Waals surface area (Å²) in [4.78, 5) is 0. The maximum atomic E-state index is 5.91. The zero-order valence-corrected chi connectivity index (χ0v) is 19.2. The Bertz CT molecular complexity index is 281. The zero-order valence-electron chi connectivity index (χ0n) is 17.2. The Morgan fingerprint density at radius 3 is 1.29 bits per heavy atom. The molecule has 0 heterocycles. The van der Waals surface area contributed by atoms with Crippen LogP contribution >= 0.6 is 0 Å². The molecule has 0 spiro atoms. The van der Waals surface area contributed by atoms with E-state index in [1.54, 1.807) is 14.2 Å². The van der Waals surface area contributed by atoms with Gasteiger partial charge in [-0.05, 0) is 78.8 Å². The SMILES string of the molecule is CC(C)O[Si](C)(CCCN)OC(C)C.CO[Si](C)(CCCN)OC. The minimum Gasteiger partial charge on any atom is -0.398 e. The summed E-state index contributed by atoms with van der Waals surface area (Å²) < 4.78 is 22.3. The van der Waals surface area contributed by atoms with E-state index < -0.39 is 17.1 Å². The first kappa shape index (κ1) is 26.4. The van der Waals surface area contributed by atoms with Gasteiger partial charge in [0, 0.05) is 26.4 Å². The lowest BCUT2D eigenvalue weighted by molar-refractivity contribution is 0.109. The van der Waals surface area contributed by atoms with E-state index in [2.05, 4.69) is 34.2 Å². The largest absolute Gasteiger partial charge is 0.398 e. The predicted molar refractivity (Wildman–Crippen MR) is 107 cm³/mol. The van der Waals surface area contributed by atoms with Gasteiger partial charge in [0.2, 0.25) is 0 Å². The molecule has 0 aromatic heterocycles. The topological polar surface area (TPSA) is 89.0 Å². The molecular weight excluding hydrogens is 340 g/mol. The van der Waals surface area contributed by atoms with Crippen molar-refractivity contribution in [2.24, 2.45) is 11.5 Å². The van der Waals surface area contributed by atoms with Gasteiger partial charge in [-0.25, -0.2) is 0 Å². The molecular formula is C16H42N2O4Si2. The first-order valence-corrected chi connectivity index (χ1v) is 14.0. The van der Waals surface area contributed by atoms with Crippen LogP contribution in [-0.4, -0.2) is 56.6 Å². The Morgan fingerprint density at radius 2 is 1.04 bits per heavy atom. The first-order chi connectivity index (χ1) is 11.1. The molecule has 0 unspecified atom stereocenters. The van der Waals surface area contributed by atoms with Crippen LogP contribution in [-0.2, 0) is 17.7 Å². The molecule has 0 saturated heterocycles. The Hall–Kier alpha value is 0.194. The summed E-state index contributed by atoms with van der Waals surface area (Å²) in [5, 5.41) is 0. The fourth-order valence-corrected chi connectivity index (χ4v) is 6.83. The van der Waals surface area contributed by atoms with Crippen LogP contribution in [0.4, 0.5) is 0 Å². The predicted octanol–water partition coefficient (Wildman–Crippen LogP) is 2.96. The molecule has 148 valence electrons.